The zero-order valence-corrected chi connectivity index (χ0v) is 12.9. The Balaban J connectivity index is 1.55. The third kappa shape index (κ3) is 3.68. The number of amides is 1. The largest absolute Gasteiger partial charge is 0.302 e. The highest BCUT2D eigenvalue weighted by atomic mass is 32.1. The number of anilines is 1. The smallest absolute Gasteiger partial charge is 0.226 e. The first kappa shape index (κ1) is 14.2. The Kier molecular flexibility index (Phi) is 4.31. The summed E-state index contributed by atoms with van der Waals surface area (Å²) in [5.41, 5.74) is 2.34. The van der Waals surface area contributed by atoms with Gasteiger partial charge in [0.1, 0.15) is 0 Å². The maximum Gasteiger partial charge on any atom is 0.226 e. The lowest BCUT2D eigenvalue weighted by Gasteiger charge is -2.20. The van der Waals surface area contributed by atoms with Crippen molar-refractivity contribution in [3.05, 3.63) is 46.5 Å². The summed E-state index contributed by atoms with van der Waals surface area (Å²) in [6, 6.07) is 10.1. The quantitative estimate of drug-likeness (QED) is 0.944. The van der Waals surface area contributed by atoms with Crippen molar-refractivity contribution in [1.29, 1.82) is 0 Å². The van der Waals surface area contributed by atoms with Gasteiger partial charge in [-0.1, -0.05) is 30.3 Å². The van der Waals surface area contributed by atoms with Crippen molar-refractivity contribution in [3.63, 3.8) is 0 Å². The molecule has 0 aliphatic carbocycles. The Morgan fingerprint density at radius 3 is 3.00 bits per heavy atom. The molecule has 1 aromatic carbocycles. The minimum absolute atomic E-state index is 0.0401. The van der Waals surface area contributed by atoms with E-state index in [1.54, 1.807) is 11.3 Å². The number of aryl methyl sites for hydroxylation is 1. The standard InChI is InChI=1S/C16H19N3OS/c1-19-10-9-13-14(11-19)21-16(17-13)18-15(20)8-7-12-5-3-2-4-6-12/h2-6H,7-11H2,1H3,(H,17,18,20). The zero-order chi connectivity index (χ0) is 14.7. The van der Waals surface area contributed by atoms with Crippen LogP contribution in [0.5, 0.6) is 0 Å². The van der Waals surface area contributed by atoms with Gasteiger partial charge in [-0.05, 0) is 19.0 Å². The summed E-state index contributed by atoms with van der Waals surface area (Å²) in [7, 11) is 2.11. The summed E-state index contributed by atoms with van der Waals surface area (Å²) in [4.78, 5) is 20.1. The predicted molar refractivity (Wildman–Crippen MR) is 85.5 cm³/mol. The van der Waals surface area contributed by atoms with Gasteiger partial charge in [0.2, 0.25) is 5.91 Å². The summed E-state index contributed by atoms with van der Waals surface area (Å²) >= 11 is 1.60. The first-order valence-electron chi connectivity index (χ1n) is 7.21. The second kappa shape index (κ2) is 6.37. The number of hydrogen-bond acceptors (Lipinski definition) is 4. The second-order valence-corrected chi connectivity index (χ2v) is 6.49. The summed E-state index contributed by atoms with van der Waals surface area (Å²) in [5.74, 6) is 0.0401. The maximum absolute atomic E-state index is 12.0. The summed E-state index contributed by atoms with van der Waals surface area (Å²) in [5, 5.41) is 3.68. The van der Waals surface area contributed by atoms with Crippen LogP contribution >= 0.6 is 11.3 Å². The van der Waals surface area contributed by atoms with E-state index in [-0.39, 0.29) is 5.91 Å². The number of rotatable bonds is 4. The lowest BCUT2D eigenvalue weighted by atomic mass is 10.1. The van der Waals surface area contributed by atoms with Gasteiger partial charge in [0.15, 0.2) is 5.13 Å². The number of hydrogen-bond donors (Lipinski definition) is 1. The van der Waals surface area contributed by atoms with Crippen LogP contribution in [-0.4, -0.2) is 29.4 Å². The molecule has 0 fully saturated rings. The molecule has 1 aromatic heterocycles. The highest BCUT2D eigenvalue weighted by Gasteiger charge is 2.18. The van der Waals surface area contributed by atoms with Crippen LogP contribution in [0.1, 0.15) is 22.6 Å². The molecule has 0 unspecified atom stereocenters. The van der Waals surface area contributed by atoms with Crippen molar-refractivity contribution in [3.8, 4) is 0 Å². The molecule has 110 valence electrons. The molecule has 0 saturated carbocycles. The Bertz CT molecular complexity index is 624. The number of likely N-dealkylation sites (N-methyl/N-ethyl adjacent to an activating group) is 1. The highest BCUT2D eigenvalue weighted by molar-refractivity contribution is 7.15. The van der Waals surface area contributed by atoms with Crippen LogP contribution in [0.15, 0.2) is 30.3 Å². The number of carbonyl (C=O) groups is 1. The average molecular weight is 301 g/mol. The van der Waals surface area contributed by atoms with Crippen LogP contribution in [0.25, 0.3) is 0 Å². The molecule has 0 saturated heterocycles. The average Bonchev–Trinajstić information content (AvgIpc) is 2.87. The molecular formula is C16H19N3OS. The van der Waals surface area contributed by atoms with Crippen LogP contribution in [-0.2, 0) is 24.2 Å². The van der Waals surface area contributed by atoms with Crippen LogP contribution in [0, 0.1) is 0 Å². The Morgan fingerprint density at radius 1 is 1.38 bits per heavy atom. The molecule has 1 aliphatic rings. The fourth-order valence-corrected chi connectivity index (χ4v) is 3.57. The monoisotopic (exact) mass is 301 g/mol. The van der Waals surface area contributed by atoms with E-state index in [9.17, 15) is 4.79 Å². The van der Waals surface area contributed by atoms with Gasteiger partial charge < -0.3 is 10.2 Å². The van der Waals surface area contributed by atoms with Gasteiger partial charge in [0.25, 0.3) is 0 Å². The molecule has 1 N–H and O–H groups in total. The minimum atomic E-state index is 0.0401. The first-order valence-corrected chi connectivity index (χ1v) is 8.03. The van der Waals surface area contributed by atoms with E-state index in [4.69, 9.17) is 0 Å². The normalized spacial score (nSPS) is 14.7. The topological polar surface area (TPSA) is 45.2 Å². The third-order valence-electron chi connectivity index (χ3n) is 3.65. The lowest BCUT2D eigenvalue weighted by Crippen LogP contribution is -2.25. The van der Waals surface area contributed by atoms with Crippen LogP contribution < -0.4 is 5.32 Å². The molecule has 2 heterocycles. The fourth-order valence-electron chi connectivity index (χ4n) is 2.46. The SMILES string of the molecule is CN1CCc2nc(NC(=O)CCc3ccccc3)sc2C1. The van der Waals surface area contributed by atoms with Crippen molar-refractivity contribution in [1.82, 2.24) is 9.88 Å². The fraction of sp³-hybridized carbons (Fsp3) is 0.375. The van der Waals surface area contributed by atoms with Gasteiger partial charge in [-0.15, -0.1) is 11.3 Å². The van der Waals surface area contributed by atoms with Gasteiger partial charge in [0, 0.05) is 30.8 Å². The Hall–Kier alpha value is -1.72. The zero-order valence-electron chi connectivity index (χ0n) is 12.1. The number of carbonyl (C=O) groups excluding carboxylic acids is 1. The number of nitrogens with one attached hydrogen (secondary N) is 1. The molecule has 1 aliphatic heterocycles. The van der Waals surface area contributed by atoms with Crippen molar-refractivity contribution in [2.45, 2.75) is 25.8 Å². The molecular weight excluding hydrogens is 282 g/mol. The molecule has 0 bridgehead atoms. The summed E-state index contributed by atoms with van der Waals surface area (Å²) < 4.78 is 0. The summed E-state index contributed by atoms with van der Waals surface area (Å²) in [6.07, 6.45) is 2.23. The molecule has 0 atom stereocenters. The Labute approximate surface area is 128 Å². The molecule has 4 nitrogen and oxygen atoms in total. The van der Waals surface area contributed by atoms with E-state index in [2.05, 4.69) is 22.2 Å². The molecule has 3 rings (SSSR count). The van der Waals surface area contributed by atoms with E-state index < -0.39 is 0 Å². The molecule has 5 heteroatoms. The first-order chi connectivity index (χ1) is 10.2. The molecule has 0 spiro atoms. The molecule has 0 radical (unpaired) electrons. The van der Waals surface area contributed by atoms with Crippen molar-refractivity contribution >= 4 is 22.4 Å². The third-order valence-corrected chi connectivity index (χ3v) is 4.65. The van der Waals surface area contributed by atoms with Crippen LogP contribution in [0.2, 0.25) is 0 Å². The maximum atomic E-state index is 12.0. The van der Waals surface area contributed by atoms with Gasteiger partial charge >= 0.3 is 0 Å². The number of nitrogens with zero attached hydrogens (tertiary/aromatic N) is 2. The van der Waals surface area contributed by atoms with Crippen LogP contribution in [0.3, 0.4) is 0 Å². The molecule has 2 aromatic rings. The van der Waals surface area contributed by atoms with Crippen molar-refractivity contribution < 1.29 is 4.79 Å². The second-order valence-electron chi connectivity index (χ2n) is 5.41. The van der Waals surface area contributed by atoms with E-state index in [1.165, 1.54) is 10.4 Å². The molecule has 21 heavy (non-hydrogen) atoms. The van der Waals surface area contributed by atoms with Gasteiger partial charge in [0.05, 0.1) is 5.69 Å². The van der Waals surface area contributed by atoms with E-state index in [0.717, 1.165) is 36.8 Å². The van der Waals surface area contributed by atoms with Crippen molar-refractivity contribution in [2.24, 2.45) is 0 Å². The number of thiazole rings is 1. The van der Waals surface area contributed by atoms with E-state index in [1.807, 2.05) is 30.3 Å². The Morgan fingerprint density at radius 2 is 2.19 bits per heavy atom. The van der Waals surface area contributed by atoms with E-state index in [0.29, 0.717) is 6.42 Å². The van der Waals surface area contributed by atoms with Gasteiger partial charge in [-0.2, -0.15) is 0 Å². The summed E-state index contributed by atoms with van der Waals surface area (Å²) in [6.45, 7) is 1.98. The van der Waals surface area contributed by atoms with Gasteiger partial charge in [-0.25, -0.2) is 4.98 Å². The van der Waals surface area contributed by atoms with E-state index >= 15 is 0 Å². The van der Waals surface area contributed by atoms with Crippen molar-refractivity contribution in [2.75, 3.05) is 18.9 Å². The highest BCUT2D eigenvalue weighted by Crippen LogP contribution is 2.27. The number of fused-ring (bicyclic) bond motifs is 1. The number of aromatic nitrogens is 1. The predicted octanol–water partition coefficient (Wildman–Crippen LogP) is 2.70. The van der Waals surface area contributed by atoms with Crippen LogP contribution in [0.4, 0.5) is 5.13 Å². The molecule has 1 amide bonds. The number of benzene rings is 1. The van der Waals surface area contributed by atoms with Gasteiger partial charge in [-0.3, -0.25) is 4.79 Å². The minimum Gasteiger partial charge on any atom is -0.302 e. The lowest BCUT2D eigenvalue weighted by molar-refractivity contribution is -0.116.